The van der Waals surface area contributed by atoms with Crippen molar-refractivity contribution in [1.29, 1.82) is 0 Å². The van der Waals surface area contributed by atoms with Crippen molar-refractivity contribution in [2.24, 2.45) is 11.8 Å². The molecule has 214 valence electrons. The minimum Gasteiger partial charge on any atom is -0.494 e. The first kappa shape index (κ1) is 29.1. The average Bonchev–Trinajstić information content (AvgIpc) is 3.68. The molecule has 1 amide bonds. The number of Topliss-reactive ketones (excluding diaryl/α,β-unsaturated/α-hetero) is 1. The van der Waals surface area contributed by atoms with E-state index >= 15 is 0 Å². The van der Waals surface area contributed by atoms with Crippen LogP contribution in [0, 0.1) is 29.5 Å². The Kier molecular flexibility index (Phi) is 8.82. The van der Waals surface area contributed by atoms with Crippen LogP contribution >= 0.6 is 0 Å². The second-order valence-corrected chi connectivity index (χ2v) is 11.6. The van der Waals surface area contributed by atoms with Gasteiger partial charge in [0.15, 0.2) is 17.3 Å². The van der Waals surface area contributed by atoms with Crippen LogP contribution in [0.5, 0.6) is 5.75 Å². The van der Waals surface area contributed by atoms with Gasteiger partial charge in [-0.05, 0) is 71.4 Å². The molecular weight excluding hydrogens is 513 g/mol. The van der Waals surface area contributed by atoms with Gasteiger partial charge in [-0.2, -0.15) is 4.98 Å². The molecule has 0 spiro atoms. The van der Waals surface area contributed by atoms with Crippen LogP contribution in [0.25, 0.3) is 0 Å². The van der Waals surface area contributed by atoms with Crippen LogP contribution < -0.4 is 15.4 Å². The topological polar surface area (TPSA) is 106 Å². The number of rotatable bonds is 9. The number of carbonyl (C=O) groups excluding carboxylic acids is 2. The first-order chi connectivity index (χ1) is 18.9. The second kappa shape index (κ2) is 12.1. The molecule has 2 saturated carbocycles. The standard InChI is InChI=1S/C30H38FN5O4/c1-18(36(5)29(38)40-30(2,3)4)25(37)15-20-13-19(14-20)7-8-21-17-32-28(35-27(21)33-22-9-10-22)34-23-11-12-26(39-6)24(31)16-23/h11-12,16-20,22H,9-10,13-15H2,1-6H3,(H2,32,33,34,35)/t18-,19?,20?/m0/s1. The Balaban J connectivity index is 1.33. The van der Waals surface area contributed by atoms with Crippen molar-refractivity contribution in [2.75, 3.05) is 24.8 Å². The van der Waals surface area contributed by atoms with Gasteiger partial charge in [0.1, 0.15) is 11.4 Å². The number of hydrogen-bond donors (Lipinski definition) is 2. The van der Waals surface area contributed by atoms with Gasteiger partial charge in [0.25, 0.3) is 0 Å². The molecule has 10 heteroatoms. The molecule has 2 aromatic rings. The van der Waals surface area contributed by atoms with E-state index in [1.54, 1.807) is 53.1 Å². The zero-order chi connectivity index (χ0) is 29.0. The summed E-state index contributed by atoms with van der Waals surface area (Å²) in [5.41, 5.74) is 0.599. The van der Waals surface area contributed by atoms with E-state index in [2.05, 4.69) is 32.4 Å². The minimum absolute atomic E-state index is 0.0221. The third-order valence-electron chi connectivity index (χ3n) is 6.98. The van der Waals surface area contributed by atoms with Crippen LogP contribution in [0.4, 0.5) is 26.6 Å². The van der Waals surface area contributed by atoms with Crippen molar-refractivity contribution >= 4 is 29.3 Å². The molecule has 2 aliphatic carbocycles. The Bertz CT molecular complexity index is 1310. The number of aromatic nitrogens is 2. The lowest BCUT2D eigenvalue weighted by Gasteiger charge is -2.33. The number of ether oxygens (including phenoxy) is 2. The first-order valence-corrected chi connectivity index (χ1v) is 13.7. The molecule has 40 heavy (non-hydrogen) atoms. The SMILES string of the molecule is COc1ccc(Nc2ncc(C#CC3CC(CC(=O)[C@H](C)N(C)C(=O)OC(C)(C)C)C3)c(NC3CC3)n2)cc1F. The lowest BCUT2D eigenvalue weighted by atomic mass is 9.72. The smallest absolute Gasteiger partial charge is 0.410 e. The highest BCUT2D eigenvalue weighted by Crippen LogP contribution is 2.36. The maximum Gasteiger partial charge on any atom is 0.410 e. The molecule has 0 aliphatic heterocycles. The molecule has 4 rings (SSSR count). The maximum absolute atomic E-state index is 14.1. The van der Waals surface area contributed by atoms with E-state index in [1.165, 1.54) is 18.1 Å². The largest absolute Gasteiger partial charge is 0.494 e. The Morgan fingerprint density at radius 3 is 2.60 bits per heavy atom. The van der Waals surface area contributed by atoms with Crippen molar-refractivity contribution in [3.63, 3.8) is 0 Å². The molecule has 0 saturated heterocycles. The van der Waals surface area contributed by atoms with E-state index < -0.39 is 23.6 Å². The molecule has 2 fully saturated rings. The number of ketones is 1. The molecule has 9 nitrogen and oxygen atoms in total. The number of likely N-dealkylation sites (N-methyl/N-ethyl adjacent to an activating group) is 1. The van der Waals surface area contributed by atoms with E-state index in [4.69, 9.17) is 9.47 Å². The molecule has 1 aromatic heterocycles. The van der Waals surface area contributed by atoms with Crippen molar-refractivity contribution in [3.8, 4) is 17.6 Å². The summed E-state index contributed by atoms with van der Waals surface area (Å²) < 4.78 is 24.4. The molecule has 0 unspecified atom stereocenters. The fraction of sp³-hybridized carbons (Fsp3) is 0.533. The highest BCUT2D eigenvalue weighted by Gasteiger charge is 2.33. The molecule has 1 atom stereocenters. The number of anilines is 3. The number of halogens is 1. The Morgan fingerprint density at radius 2 is 1.98 bits per heavy atom. The van der Waals surface area contributed by atoms with Gasteiger partial charge in [0.05, 0.1) is 24.9 Å². The van der Waals surface area contributed by atoms with E-state index in [1.807, 2.05) is 0 Å². The second-order valence-electron chi connectivity index (χ2n) is 11.6. The van der Waals surface area contributed by atoms with Gasteiger partial charge in [-0.25, -0.2) is 14.2 Å². The number of hydrogen-bond acceptors (Lipinski definition) is 8. The summed E-state index contributed by atoms with van der Waals surface area (Å²) in [6.45, 7) is 7.13. The maximum atomic E-state index is 14.1. The van der Waals surface area contributed by atoms with E-state index in [9.17, 15) is 14.0 Å². The summed E-state index contributed by atoms with van der Waals surface area (Å²) in [5.74, 6) is 7.66. The summed E-state index contributed by atoms with van der Waals surface area (Å²) in [4.78, 5) is 35.4. The zero-order valence-electron chi connectivity index (χ0n) is 24.0. The fourth-order valence-corrected chi connectivity index (χ4v) is 4.30. The first-order valence-electron chi connectivity index (χ1n) is 13.7. The van der Waals surface area contributed by atoms with Crippen LogP contribution in [-0.4, -0.2) is 58.6 Å². The molecule has 0 radical (unpaired) electrons. The predicted octanol–water partition coefficient (Wildman–Crippen LogP) is 5.53. The molecule has 0 bridgehead atoms. The fourth-order valence-electron chi connectivity index (χ4n) is 4.30. The third-order valence-corrected chi connectivity index (χ3v) is 6.98. The van der Waals surface area contributed by atoms with Crippen LogP contribution in [0.1, 0.15) is 65.4 Å². The quantitative estimate of drug-likeness (QED) is 0.392. The van der Waals surface area contributed by atoms with E-state index in [0.29, 0.717) is 35.5 Å². The lowest BCUT2D eigenvalue weighted by molar-refractivity contribution is -0.125. The highest BCUT2D eigenvalue weighted by atomic mass is 19.1. The van der Waals surface area contributed by atoms with Crippen molar-refractivity contribution in [2.45, 2.75) is 77.5 Å². The molecule has 2 N–H and O–H groups in total. The van der Waals surface area contributed by atoms with E-state index in [0.717, 1.165) is 25.7 Å². The predicted molar refractivity (Wildman–Crippen MR) is 151 cm³/mol. The number of amides is 1. The molecule has 1 aromatic carbocycles. The van der Waals surface area contributed by atoms with Crippen LogP contribution in [-0.2, 0) is 9.53 Å². The highest BCUT2D eigenvalue weighted by molar-refractivity contribution is 5.87. The lowest BCUT2D eigenvalue weighted by Crippen LogP contribution is -2.44. The van der Waals surface area contributed by atoms with Crippen molar-refractivity contribution in [3.05, 3.63) is 35.8 Å². The summed E-state index contributed by atoms with van der Waals surface area (Å²) in [6, 6.07) is 4.38. The normalized spacial score (nSPS) is 18.9. The zero-order valence-corrected chi connectivity index (χ0v) is 24.0. The monoisotopic (exact) mass is 551 g/mol. The van der Waals surface area contributed by atoms with Gasteiger partial charge < -0.3 is 25.0 Å². The average molecular weight is 552 g/mol. The minimum atomic E-state index is -0.611. The van der Waals surface area contributed by atoms with Crippen LogP contribution in [0.2, 0.25) is 0 Å². The van der Waals surface area contributed by atoms with Gasteiger partial charge in [-0.3, -0.25) is 4.79 Å². The van der Waals surface area contributed by atoms with Crippen molar-refractivity contribution < 1.29 is 23.5 Å². The van der Waals surface area contributed by atoms with Gasteiger partial charge in [-0.1, -0.05) is 11.8 Å². The molecule has 2 aliphatic rings. The Hall–Kier alpha value is -3.87. The molecule has 1 heterocycles. The van der Waals surface area contributed by atoms with Crippen molar-refractivity contribution in [1.82, 2.24) is 14.9 Å². The number of carbonyl (C=O) groups is 2. The van der Waals surface area contributed by atoms with Crippen LogP contribution in [0.3, 0.4) is 0 Å². The number of methoxy groups -OCH3 is 1. The van der Waals surface area contributed by atoms with Gasteiger partial charge in [0, 0.05) is 37.2 Å². The van der Waals surface area contributed by atoms with Crippen LogP contribution in [0.15, 0.2) is 24.4 Å². The summed E-state index contributed by atoms with van der Waals surface area (Å²) in [6.07, 6.45) is 5.39. The van der Waals surface area contributed by atoms with E-state index in [-0.39, 0.29) is 23.4 Å². The Morgan fingerprint density at radius 1 is 1.25 bits per heavy atom. The number of benzene rings is 1. The number of nitrogens with zero attached hydrogens (tertiary/aromatic N) is 3. The summed E-state index contributed by atoms with van der Waals surface area (Å²) >= 11 is 0. The van der Waals surface area contributed by atoms with Gasteiger partial charge in [0.2, 0.25) is 5.95 Å². The summed E-state index contributed by atoms with van der Waals surface area (Å²) in [7, 11) is 3.01. The van der Waals surface area contributed by atoms with Gasteiger partial charge >= 0.3 is 6.09 Å². The third kappa shape index (κ3) is 7.84. The van der Waals surface area contributed by atoms with Gasteiger partial charge in [-0.15, -0.1) is 0 Å². The Labute approximate surface area is 235 Å². The number of nitrogens with one attached hydrogen (secondary N) is 2. The summed E-state index contributed by atoms with van der Waals surface area (Å²) in [5, 5.41) is 6.44. The molecular formula is C30H38FN5O4.